The first-order valence-corrected chi connectivity index (χ1v) is 19.6. The number of unbranched alkanes of at least 4 members (excludes halogenated alkanes) is 1. The summed E-state index contributed by atoms with van der Waals surface area (Å²) in [4.78, 5) is 80.4. The summed E-state index contributed by atoms with van der Waals surface area (Å²) >= 11 is 0. The number of carbonyl (C=O) groups excluding carboxylic acids is 5. The Morgan fingerprint density at radius 1 is 0.904 bits per heavy atom. The van der Waals surface area contributed by atoms with Gasteiger partial charge in [0.15, 0.2) is 0 Å². The van der Waals surface area contributed by atoms with Gasteiger partial charge in [0.1, 0.15) is 30.5 Å². The second-order valence-corrected chi connectivity index (χ2v) is 15.3. The van der Waals surface area contributed by atoms with Crippen molar-refractivity contribution in [2.45, 2.75) is 94.8 Å². The zero-order chi connectivity index (χ0) is 37.7. The predicted molar refractivity (Wildman–Crippen MR) is 191 cm³/mol. The molecule has 0 saturated carbocycles. The van der Waals surface area contributed by atoms with Crippen LogP contribution in [-0.2, 0) is 46.2 Å². The zero-order valence-corrected chi connectivity index (χ0v) is 30.8. The molecule has 0 aliphatic carbocycles. The van der Waals surface area contributed by atoms with Crippen molar-refractivity contribution in [1.29, 1.82) is 0 Å². The molecule has 6 atom stereocenters. The Hall–Kier alpha value is -4.30. The summed E-state index contributed by atoms with van der Waals surface area (Å²) in [5.41, 5.74) is 5.31. The summed E-state index contributed by atoms with van der Waals surface area (Å²) in [6, 6.07) is 14.1. The van der Waals surface area contributed by atoms with Crippen molar-refractivity contribution in [3.05, 3.63) is 71.8 Å². The molecule has 0 spiro atoms. The molecule has 0 aromatic heterocycles. The number of hydrogen-bond donors (Lipinski definition) is 5. The fraction of sp³-hybridized carbons (Fsp3) is 0.528. The van der Waals surface area contributed by atoms with E-state index in [2.05, 4.69) is 21.5 Å². The fourth-order valence-electron chi connectivity index (χ4n) is 6.57. The van der Waals surface area contributed by atoms with E-state index in [0.29, 0.717) is 63.7 Å². The molecule has 284 valence electrons. The molecule has 16 heteroatoms. The lowest BCUT2D eigenvalue weighted by Crippen LogP contribution is -2.55. The number of nitrogens with one attached hydrogen (secondary N) is 3. The predicted octanol–water partition coefficient (Wildman–Crippen LogP) is 1.70. The van der Waals surface area contributed by atoms with Crippen molar-refractivity contribution in [2.24, 2.45) is 0 Å². The first-order valence-electron chi connectivity index (χ1n) is 17.8. The minimum Gasteiger partial charge on any atom is -0.467 e. The average Bonchev–Trinajstić information content (AvgIpc) is 3.84. The topological polar surface area (TPSA) is 211 Å². The molecule has 0 radical (unpaired) electrons. The van der Waals surface area contributed by atoms with E-state index in [1.807, 2.05) is 30.3 Å². The Balaban J connectivity index is 1.48. The average molecular weight is 744 g/mol. The molecule has 6 unspecified atom stereocenters. The highest BCUT2D eigenvalue weighted by atomic mass is 31.2. The van der Waals surface area contributed by atoms with Gasteiger partial charge < -0.3 is 35.6 Å². The van der Waals surface area contributed by atoms with Gasteiger partial charge in [0, 0.05) is 19.5 Å². The lowest BCUT2D eigenvalue weighted by atomic mass is 10.1. The van der Waals surface area contributed by atoms with Gasteiger partial charge in [-0.15, -0.1) is 0 Å². The summed E-state index contributed by atoms with van der Waals surface area (Å²) in [6.07, 6.45) is 2.69. The van der Waals surface area contributed by atoms with Gasteiger partial charge in [-0.3, -0.25) is 23.8 Å². The molecular formula is C36H52N6O9P+. The van der Waals surface area contributed by atoms with Crippen LogP contribution >= 0.6 is 7.52 Å². The summed E-state index contributed by atoms with van der Waals surface area (Å²) in [5.74, 6) is -3.71. The SMILES string of the molecule is COC(=O)C1CCCN1C(=O)C(C)NP(=O)(O)C(Cc1ccccc1)NC(=O)C(CCCC[NH3+])NC(=O)C1CCCN1C(=O)OCc1ccccc1. The number of nitrogens with zero attached hydrogens (tertiary/aromatic N) is 2. The monoisotopic (exact) mass is 743 g/mol. The van der Waals surface area contributed by atoms with Gasteiger partial charge in [0.2, 0.25) is 17.7 Å². The smallest absolute Gasteiger partial charge is 0.410 e. The number of benzene rings is 2. The summed E-state index contributed by atoms with van der Waals surface area (Å²) < 4.78 is 24.4. The molecule has 2 aromatic carbocycles. The molecule has 52 heavy (non-hydrogen) atoms. The van der Waals surface area contributed by atoms with Gasteiger partial charge in [-0.05, 0) is 63.0 Å². The molecule has 0 bridgehead atoms. The van der Waals surface area contributed by atoms with Crippen LogP contribution in [0.2, 0.25) is 0 Å². The highest BCUT2D eigenvalue weighted by Gasteiger charge is 2.42. The molecule has 7 N–H and O–H groups in total. The summed E-state index contributed by atoms with van der Waals surface area (Å²) in [7, 11) is -3.30. The van der Waals surface area contributed by atoms with Crippen molar-refractivity contribution in [2.75, 3.05) is 26.7 Å². The van der Waals surface area contributed by atoms with Crippen molar-refractivity contribution in [3.8, 4) is 0 Å². The molecule has 2 fully saturated rings. The van der Waals surface area contributed by atoms with Gasteiger partial charge >= 0.3 is 12.1 Å². The van der Waals surface area contributed by atoms with Gasteiger partial charge in [-0.2, -0.15) is 0 Å². The summed E-state index contributed by atoms with van der Waals surface area (Å²) in [6.45, 7) is 2.70. The first-order chi connectivity index (χ1) is 24.9. The highest BCUT2D eigenvalue weighted by molar-refractivity contribution is 7.56. The molecule has 2 aliphatic heterocycles. The third-order valence-electron chi connectivity index (χ3n) is 9.38. The molecule has 15 nitrogen and oxygen atoms in total. The third kappa shape index (κ3) is 11.1. The summed E-state index contributed by atoms with van der Waals surface area (Å²) in [5, 5.41) is 8.05. The molecule has 2 heterocycles. The van der Waals surface area contributed by atoms with E-state index in [1.165, 1.54) is 23.8 Å². The maximum absolute atomic E-state index is 14.1. The van der Waals surface area contributed by atoms with E-state index in [1.54, 1.807) is 30.3 Å². The van der Waals surface area contributed by atoms with Gasteiger partial charge in [-0.25, -0.2) is 14.7 Å². The largest absolute Gasteiger partial charge is 0.467 e. The van der Waals surface area contributed by atoms with Crippen molar-refractivity contribution < 1.29 is 48.6 Å². The molecule has 4 amide bonds. The molecule has 2 saturated heterocycles. The van der Waals surface area contributed by atoms with E-state index in [4.69, 9.17) is 9.47 Å². The van der Waals surface area contributed by atoms with Crippen LogP contribution in [0, 0.1) is 0 Å². The van der Waals surface area contributed by atoms with E-state index >= 15 is 0 Å². The lowest BCUT2D eigenvalue weighted by molar-refractivity contribution is -0.368. The second kappa shape index (κ2) is 19.5. The highest BCUT2D eigenvalue weighted by Crippen LogP contribution is 2.43. The Kier molecular flexibility index (Phi) is 15.2. The number of ether oxygens (including phenoxy) is 2. The number of hydrogen-bond acceptors (Lipinski definition) is 8. The molecular weight excluding hydrogens is 691 g/mol. The lowest BCUT2D eigenvalue weighted by Gasteiger charge is -2.31. The van der Waals surface area contributed by atoms with E-state index < -0.39 is 67.3 Å². The number of esters is 1. The Labute approximate surface area is 304 Å². The second-order valence-electron chi connectivity index (χ2n) is 13.2. The number of likely N-dealkylation sites (tertiary alicyclic amines) is 2. The Morgan fingerprint density at radius 2 is 1.52 bits per heavy atom. The van der Waals surface area contributed by atoms with Crippen LogP contribution in [0.1, 0.15) is 63.0 Å². The van der Waals surface area contributed by atoms with Crippen molar-refractivity contribution in [1.82, 2.24) is 25.5 Å². The minimum absolute atomic E-state index is 0.0484. The number of methoxy groups -OCH3 is 1. The van der Waals surface area contributed by atoms with Crippen LogP contribution in [0.5, 0.6) is 0 Å². The first kappa shape index (κ1) is 40.5. The fourth-order valence-corrected chi connectivity index (χ4v) is 8.18. The standard InChI is InChI=1S/C36H51N6O9P/c1-25(34(45)41-21-12-19-30(41)35(46)50-2)40-52(48,49)31(23-26-13-5-3-6-14-26)39-32(43)28(17-9-10-20-37)38-33(44)29-18-11-22-42(29)36(47)51-24-27-15-7-4-8-16-27/h3-8,13-16,25,28-31H,9-12,17-24,37H2,1-2H3,(H,38,44)(H,39,43)(H2,40,48,49)/p+1. The van der Waals surface area contributed by atoms with Crippen LogP contribution in [-0.4, -0.2) is 101 Å². The Morgan fingerprint density at radius 3 is 2.15 bits per heavy atom. The number of carbonyl (C=O) groups is 5. The van der Waals surface area contributed by atoms with Crippen LogP contribution < -0.4 is 21.5 Å². The van der Waals surface area contributed by atoms with Crippen LogP contribution in [0.3, 0.4) is 0 Å². The Bertz CT molecular complexity index is 1570. The minimum atomic E-state index is -4.54. The molecule has 2 aromatic rings. The van der Waals surface area contributed by atoms with Gasteiger partial charge in [0.05, 0.1) is 19.7 Å². The quantitative estimate of drug-likeness (QED) is 0.0899. The van der Waals surface area contributed by atoms with Crippen LogP contribution in [0.4, 0.5) is 4.79 Å². The normalized spacial score (nSPS) is 19.9. The van der Waals surface area contributed by atoms with Gasteiger partial charge in [0.25, 0.3) is 7.52 Å². The number of rotatable bonds is 17. The van der Waals surface area contributed by atoms with Crippen molar-refractivity contribution in [3.63, 3.8) is 0 Å². The van der Waals surface area contributed by atoms with E-state index in [9.17, 15) is 33.4 Å². The molecule has 2 aliphatic rings. The van der Waals surface area contributed by atoms with E-state index in [-0.39, 0.29) is 19.4 Å². The maximum Gasteiger partial charge on any atom is 0.410 e. The van der Waals surface area contributed by atoms with Crippen LogP contribution in [0.25, 0.3) is 0 Å². The zero-order valence-electron chi connectivity index (χ0n) is 29.9. The number of quaternary nitrogens is 1. The van der Waals surface area contributed by atoms with Crippen molar-refractivity contribution >= 4 is 37.3 Å². The van der Waals surface area contributed by atoms with Crippen LogP contribution in [0.15, 0.2) is 60.7 Å². The number of amides is 4. The van der Waals surface area contributed by atoms with Gasteiger partial charge in [-0.1, -0.05) is 60.7 Å². The third-order valence-corrected chi connectivity index (χ3v) is 11.3. The molecule has 4 rings (SSSR count). The van der Waals surface area contributed by atoms with E-state index in [0.717, 1.165) is 5.56 Å². The maximum atomic E-state index is 14.1.